The predicted molar refractivity (Wildman–Crippen MR) is 120 cm³/mol. The lowest BCUT2D eigenvalue weighted by Crippen LogP contribution is -2.41. The fourth-order valence-electron chi connectivity index (χ4n) is 4.12. The standard InChI is InChI=1S/C23H31N5O3/c1-2-30-19-7-3-4-8-20(19)31-18-6-5-13-28(16-18)22-15-25-14-21(26-22)27-23(29)17-9-11-24-12-10-17/h3-4,7-8,14-15,17-18,24H,2,5-6,9-13,16H2,1H3,(H,26,27,29). The van der Waals surface area contributed by atoms with Gasteiger partial charge in [-0.25, -0.2) is 4.98 Å². The normalized spacial score (nSPS) is 19.6. The molecule has 166 valence electrons. The molecule has 1 aromatic carbocycles. The van der Waals surface area contributed by atoms with E-state index in [1.165, 1.54) is 0 Å². The van der Waals surface area contributed by atoms with Gasteiger partial charge in [0.15, 0.2) is 17.3 Å². The molecule has 2 aliphatic rings. The molecule has 31 heavy (non-hydrogen) atoms. The maximum Gasteiger partial charge on any atom is 0.228 e. The minimum absolute atomic E-state index is 0.0281. The molecule has 8 heteroatoms. The van der Waals surface area contributed by atoms with Gasteiger partial charge in [0, 0.05) is 12.5 Å². The van der Waals surface area contributed by atoms with Crippen molar-refractivity contribution in [2.75, 3.05) is 43.0 Å². The van der Waals surface area contributed by atoms with Gasteiger partial charge >= 0.3 is 0 Å². The van der Waals surface area contributed by atoms with Gasteiger partial charge in [0.2, 0.25) is 5.91 Å². The monoisotopic (exact) mass is 425 g/mol. The first-order valence-electron chi connectivity index (χ1n) is 11.2. The molecule has 0 aliphatic carbocycles. The third-order valence-corrected chi connectivity index (χ3v) is 5.73. The largest absolute Gasteiger partial charge is 0.490 e. The Morgan fingerprint density at radius 2 is 2.00 bits per heavy atom. The van der Waals surface area contributed by atoms with E-state index in [0.717, 1.165) is 62.6 Å². The Bertz CT molecular complexity index is 872. The Kier molecular flexibility index (Phi) is 7.19. The number of nitrogens with zero attached hydrogens (tertiary/aromatic N) is 3. The van der Waals surface area contributed by atoms with E-state index in [0.29, 0.717) is 19.0 Å². The van der Waals surface area contributed by atoms with E-state index in [1.807, 2.05) is 31.2 Å². The molecule has 1 aromatic heterocycles. The van der Waals surface area contributed by atoms with Crippen LogP contribution in [0.2, 0.25) is 0 Å². The number of aromatic nitrogens is 2. The predicted octanol–water partition coefficient (Wildman–Crippen LogP) is 2.86. The number of anilines is 2. The van der Waals surface area contributed by atoms with Crippen LogP contribution in [0.4, 0.5) is 11.6 Å². The molecule has 4 rings (SSSR count). The van der Waals surface area contributed by atoms with Gasteiger partial charge in [-0.3, -0.25) is 9.78 Å². The highest BCUT2D eigenvalue weighted by Crippen LogP contribution is 2.30. The minimum atomic E-state index is 0.0281. The molecule has 0 radical (unpaired) electrons. The van der Waals surface area contributed by atoms with Crippen molar-refractivity contribution in [3.8, 4) is 11.5 Å². The van der Waals surface area contributed by atoms with E-state index in [1.54, 1.807) is 12.4 Å². The fourth-order valence-corrected chi connectivity index (χ4v) is 4.12. The lowest BCUT2D eigenvalue weighted by atomic mass is 9.97. The van der Waals surface area contributed by atoms with Crippen molar-refractivity contribution in [1.29, 1.82) is 0 Å². The van der Waals surface area contributed by atoms with Gasteiger partial charge in [-0.05, 0) is 57.8 Å². The van der Waals surface area contributed by atoms with Crippen LogP contribution in [0.3, 0.4) is 0 Å². The Hall–Kier alpha value is -2.87. The first-order valence-corrected chi connectivity index (χ1v) is 11.2. The number of hydrogen-bond acceptors (Lipinski definition) is 7. The smallest absolute Gasteiger partial charge is 0.228 e. The zero-order valence-electron chi connectivity index (χ0n) is 18.0. The Morgan fingerprint density at radius 3 is 2.81 bits per heavy atom. The third kappa shape index (κ3) is 5.64. The van der Waals surface area contributed by atoms with Crippen LogP contribution in [-0.4, -0.2) is 54.8 Å². The molecule has 0 bridgehead atoms. The van der Waals surface area contributed by atoms with Crippen molar-refractivity contribution in [1.82, 2.24) is 15.3 Å². The number of nitrogens with one attached hydrogen (secondary N) is 2. The highest BCUT2D eigenvalue weighted by atomic mass is 16.5. The summed E-state index contributed by atoms with van der Waals surface area (Å²) in [6.07, 6.45) is 7.06. The number of hydrogen-bond donors (Lipinski definition) is 2. The Balaban J connectivity index is 1.39. The molecule has 2 aliphatic heterocycles. The van der Waals surface area contributed by atoms with Crippen LogP contribution < -0.4 is 25.0 Å². The summed E-state index contributed by atoms with van der Waals surface area (Å²) in [6.45, 7) is 5.92. The van der Waals surface area contributed by atoms with Crippen LogP contribution in [-0.2, 0) is 4.79 Å². The van der Waals surface area contributed by atoms with Crippen molar-refractivity contribution in [3.05, 3.63) is 36.7 Å². The summed E-state index contributed by atoms with van der Waals surface area (Å²) in [6, 6.07) is 7.78. The number of carbonyl (C=O) groups excluding carboxylic acids is 1. The lowest BCUT2D eigenvalue weighted by molar-refractivity contribution is -0.120. The van der Waals surface area contributed by atoms with Crippen LogP contribution in [0.15, 0.2) is 36.7 Å². The second kappa shape index (κ2) is 10.4. The summed E-state index contributed by atoms with van der Waals surface area (Å²) in [7, 11) is 0. The molecule has 0 saturated carbocycles. The van der Waals surface area contributed by atoms with E-state index in [4.69, 9.17) is 9.47 Å². The van der Waals surface area contributed by atoms with E-state index in [9.17, 15) is 4.79 Å². The molecule has 1 amide bonds. The highest BCUT2D eigenvalue weighted by Gasteiger charge is 2.25. The summed E-state index contributed by atoms with van der Waals surface area (Å²) in [5.41, 5.74) is 0. The van der Waals surface area contributed by atoms with E-state index >= 15 is 0 Å². The van der Waals surface area contributed by atoms with Crippen molar-refractivity contribution in [2.45, 2.75) is 38.7 Å². The average molecular weight is 426 g/mol. The number of rotatable bonds is 7. The summed E-state index contributed by atoms with van der Waals surface area (Å²) in [4.78, 5) is 23.7. The molecule has 2 fully saturated rings. The summed E-state index contributed by atoms with van der Waals surface area (Å²) < 4.78 is 12.0. The Morgan fingerprint density at radius 1 is 1.19 bits per heavy atom. The van der Waals surface area contributed by atoms with Gasteiger partial charge in [0.05, 0.1) is 25.5 Å². The number of benzene rings is 1. The zero-order chi connectivity index (χ0) is 21.5. The first kappa shape index (κ1) is 21.4. The molecule has 1 atom stereocenters. The first-order chi connectivity index (χ1) is 15.2. The van der Waals surface area contributed by atoms with Gasteiger partial charge in [-0.1, -0.05) is 12.1 Å². The molecule has 2 saturated heterocycles. The SMILES string of the molecule is CCOc1ccccc1OC1CCCN(c2cncc(NC(=O)C3CCNCC3)n2)C1. The van der Waals surface area contributed by atoms with Crippen molar-refractivity contribution >= 4 is 17.5 Å². The van der Waals surface area contributed by atoms with Crippen LogP contribution in [0.5, 0.6) is 11.5 Å². The molecular formula is C23H31N5O3. The molecule has 0 spiro atoms. The maximum atomic E-state index is 12.5. The van der Waals surface area contributed by atoms with Gasteiger partial charge in [0.25, 0.3) is 0 Å². The topological polar surface area (TPSA) is 88.6 Å². The molecule has 2 N–H and O–H groups in total. The quantitative estimate of drug-likeness (QED) is 0.705. The lowest BCUT2D eigenvalue weighted by Gasteiger charge is -2.33. The zero-order valence-corrected chi connectivity index (χ0v) is 18.0. The summed E-state index contributed by atoms with van der Waals surface area (Å²) in [5, 5.41) is 6.23. The van der Waals surface area contributed by atoms with Gasteiger partial charge in [0.1, 0.15) is 11.9 Å². The fraction of sp³-hybridized carbons (Fsp3) is 0.522. The second-order valence-electron chi connectivity index (χ2n) is 7.98. The van der Waals surface area contributed by atoms with E-state index in [2.05, 4.69) is 25.5 Å². The van der Waals surface area contributed by atoms with Gasteiger partial charge in [-0.15, -0.1) is 0 Å². The van der Waals surface area contributed by atoms with Gasteiger partial charge < -0.3 is 25.0 Å². The van der Waals surface area contributed by atoms with Crippen LogP contribution in [0.1, 0.15) is 32.6 Å². The van der Waals surface area contributed by atoms with Crippen molar-refractivity contribution in [3.63, 3.8) is 0 Å². The Labute approximate surface area is 183 Å². The highest BCUT2D eigenvalue weighted by molar-refractivity contribution is 5.91. The molecular weight excluding hydrogens is 394 g/mol. The number of amides is 1. The maximum absolute atomic E-state index is 12.5. The molecule has 2 aromatic rings. The van der Waals surface area contributed by atoms with Crippen LogP contribution in [0, 0.1) is 5.92 Å². The molecule has 1 unspecified atom stereocenters. The number of carbonyl (C=O) groups is 1. The average Bonchev–Trinajstić information content (AvgIpc) is 2.81. The third-order valence-electron chi connectivity index (χ3n) is 5.73. The van der Waals surface area contributed by atoms with Crippen LogP contribution in [0.25, 0.3) is 0 Å². The summed E-state index contributed by atoms with van der Waals surface area (Å²) in [5.74, 6) is 2.86. The summed E-state index contributed by atoms with van der Waals surface area (Å²) >= 11 is 0. The minimum Gasteiger partial charge on any atom is -0.490 e. The molecule has 3 heterocycles. The van der Waals surface area contributed by atoms with E-state index < -0.39 is 0 Å². The number of ether oxygens (including phenoxy) is 2. The second-order valence-corrected chi connectivity index (χ2v) is 7.98. The number of piperidine rings is 2. The van der Waals surface area contributed by atoms with Crippen LogP contribution >= 0.6 is 0 Å². The van der Waals surface area contributed by atoms with Crippen molar-refractivity contribution in [2.24, 2.45) is 5.92 Å². The van der Waals surface area contributed by atoms with E-state index in [-0.39, 0.29) is 17.9 Å². The van der Waals surface area contributed by atoms with Crippen molar-refractivity contribution < 1.29 is 14.3 Å². The van der Waals surface area contributed by atoms with Gasteiger partial charge in [-0.2, -0.15) is 0 Å². The molecule has 8 nitrogen and oxygen atoms in total. The number of para-hydroxylation sites is 2.